The van der Waals surface area contributed by atoms with Gasteiger partial charge in [0.05, 0.1) is 5.92 Å². The van der Waals surface area contributed by atoms with Gasteiger partial charge in [-0.3, -0.25) is 9.59 Å². The lowest BCUT2D eigenvalue weighted by Crippen LogP contribution is -2.44. The molecule has 2 amide bonds. The molecule has 1 aliphatic rings. The van der Waals surface area contributed by atoms with Gasteiger partial charge in [0.2, 0.25) is 5.91 Å². The molecule has 102 valence electrons. The number of hydrogen-bond donors (Lipinski definition) is 2. The standard InChI is InChI=1S/C14H19N3O2/c1-9-11(5-2-6-12(9)15)14(19)17-7-3-4-10(8-17)13(16)18/h2,5-6,10H,3-4,7-8,15H2,1H3,(H2,16,18). The molecule has 0 aromatic heterocycles. The van der Waals surface area contributed by atoms with Crippen molar-refractivity contribution >= 4 is 17.5 Å². The van der Waals surface area contributed by atoms with E-state index in [1.165, 1.54) is 0 Å². The molecule has 1 unspecified atom stereocenters. The molecule has 1 atom stereocenters. The number of nitrogen functional groups attached to an aromatic ring is 1. The summed E-state index contributed by atoms with van der Waals surface area (Å²) in [6.07, 6.45) is 1.57. The maximum absolute atomic E-state index is 12.5. The number of rotatable bonds is 2. The van der Waals surface area contributed by atoms with E-state index in [9.17, 15) is 9.59 Å². The highest BCUT2D eigenvalue weighted by Crippen LogP contribution is 2.21. The number of nitrogens with two attached hydrogens (primary N) is 2. The first kappa shape index (κ1) is 13.4. The molecule has 1 heterocycles. The Morgan fingerprint density at radius 2 is 2.11 bits per heavy atom. The molecule has 1 aliphatic heterocycles. The fraction of sp³-hybridized carbons (Fsp3) is 0.429. The quantitative estimate of drug-likeness (QED) is 0.775. The first-order chi connectivity index (χ1) is 9.00. The molecule has 5 nitrogen and oxygen atoms in total. The predicted octanol–water partition coefficient (Wildman–Crippen LogP) is 0.915. The van der Waals surface area contributed by atoms with Crippen molar-refractivity contribution in [1.29, 1.82) is 0 Å². The van der Waals surface area contributed by atoms with Crippen LogP contribution in [0.2, 0.25) is 0 Å². The van der Waals surface area contributed by atoms with Crippen LogP contribution < -0.4 is 11.5 Å². The summed E-state index contributed by atoms with van der Waals surface area (Å²) >= 11 is 0. The van der Waals surface area contributed by atoms with Crippen molar-refractivity contribution in [2.45, 2.75) is 19.8 Å². The third kappa shape index (κ3) is 2.70. The minimum Gasteiger partial charge on any atom is -0.398 e. The Balaban J connectivity index is 2.19. The van der Waals surface area contributed by atoms with Crippen LogP contribution in [0.4, 0.5) is 5.69 Å². The van der Waals surface area contributed by atoms with Gasteiger partial charge in [0.25, 0.3) is 5.91 Å². The van der Waals surface area contributed by atoms with Crippen LogP contribution in [0.1, 0.15) is 28.8 Å². The molecule has 0 saturated carbocycles. The van der Waals surface area contributed by atoms with Crippen molar-refractivity contribution in [2.24, 2.45) is 11.7 Å². The van der Waals surface area contributed by atoms with Gasteiger partial charge < -0.3 is 16.4 Å². The van der Waals surface area contributed by atoms with E-state index >= 15 is 0 Å². The molecule has 5 heteroatoms. The Kier molecular flexibility index (Phi) is 3.74. The normalized spacial score (nSPS) is 19.2. The Morgan fingerprint density at radius 1 is 1.37 bits per heavy atom. The second-order valence-electron chi connectivity index (χ2n) is 5.01. The van der Waals surface area contributed by atoms with Crippen molar-refractivity contribution in [3.05, 3.63) is 29.3 Å². The molecule has 0 spiro atoms. The highest BCUT2D eigenvalue weighted by Gasteiger charge is 2.28. The number of benzene rings is 1. The molecule has 1 aromatic rings. The van der Waals surface area contributed by atoms with Crippen LogP contribution in [0.15, 0.2) is 18.2 Å². The number of primary amides is 1. The Morgan fingerprint density at radius 3 is 2.79 bits per heavy atom. The zero-order chi connectivity index (χ0) is 14.0. The van der Waals surface area contributed by atoms with E-state index in [2.05, 4.69) is 0 Å². The monoisotopic (exact) mass is 261 g/mol. The summed E-state index contributed by atoms with van der Waals surface area (Å²) in [5.41, 5.74) is 13.1. The van der Waals surface area contributed by atoms with Crippen molar-refractivity contribution < 1.29 is 9.59 Å². The fourth-order valence-electron chi connectivity index (χ4n) is 2.45. The van der Waals surface area contributed by atoms with Crippen LogP contribution in [0, 0.1) is 12.8 Å². The van der Waals surface area contributed by atoms with Gasteiger partial charge in [0, 0.05) is 24.3 Å². The number of carbonyl (C=O) groups excluding carboxylic acids is 2. The summed E-state index contributed by atoms with van der Waals surface area (Å²) in [5, 5.41) is 0. The molecule has 19 heavy (non-hydrogen) atoms. The van der Waals surface area contributed by atoms with Crippen LogP contribution in [-0.2, 0) is 4.79 Å². The average Bonchev–Trinajstić information content (AvgIpc) is 2.41. The molecule has 0 bridgehead atoms. The van der Waals surface area contributed by atoms with Gasteiger partial charge in [-0.05, 0) is 37.5 Å². The van der Waals surface area contributed by atoms with Crippen LogP contribution in [-0.4, -0.2) is 29.8 Å². The molecule has 1 aromatic carbocycles. The van der Waals surface area contributed by atoms with E-state index in [1.807, 2.05) is 6.92 Å². The number of nitrogens with zero attached hydrogens (tertiary/aromatic N) is 1. The number of amides is 2. The lowest BCUT2D eigenvalue weighted by Gasteiger charge is -2.31. The highest BCUT2D eigenvalue weighted by molar-refractivity contribution is 5.97. The number of likely N-dealkylation sites (tertiary alicyclic amines) is 1. The lowest BCUT2D eigenvalue weighted by molar-refractivity contribution is -0.123. The first-order valence-electron chi connectivity index (χ1n) is 6.44. The van der Waals surface area contributed by atoms with Gasteiger partial charge in [-0.15, -0.1) is 0 Å². The summed E-state index contributed by atoms with van der Waals surface area (Å²) in [7, 11) is 0. The SMILES string of the molecule is Cc1c(N)cccc1C(=O)N1CCCC(C(N)=O)C1. The second-order valence-corrected chi connectivity index (χ2v) is 5.01. The molecular formula is C14H19N3O2. The van der Waals surface area contributed by atoms with Gasteiger partial charge in [0.1, 0.15) is 0 Å². The summed E-state index contributed by atoms with van der Waals surface area (Å²) in [6, 6.07) is 5.31. The Labute approximate surface area is 112 Å². The predicted molar refractivity (Wildman–Crippen MR) is 73.4 cm³/mol. The van der Waals surface area contributed by atoms with Gasteiger partial charge in [-0.2, -0.15) is 0 Å². The second kappa shape index (κ2) is 5.30. The maximum Gasteiger partial charge on any atom is 0.254 e. The smallest absolute Gasteiger partial charge is 0.254 e. The molecular weight excluding hydrogens is 242 g/mol. The van der Waals surface area contributed by atoms with E-state index < -0.39 is 0 Å². The zero-order valence-electron chi connectivity index (χ0n) is 11.1. The summed E-state index contributed by atoms with van der Waals surface area (Å²) in [6.45, 7) is 2.90. The van der Waals surface area contributed by atoms with E-state index in [1.54, 1.807) is 23.1 Å². The van der Waals surface area contributed by atoms with Crippen molar-refractivity contribution in [3.8, 4) is 0 Å². The minimum absolute atomic E-state index is 0.0734. The molecule has 0 aliphatic carbocycles. The van der Waals surface area contributed by atoms with Gasteiger partial charge in [0.15, 0.2) is 0 Å². The van der Waals surface area contributed by atoms with Gasteiger partial charge >= 0.3 is 0 Å². The third-order valence-electron chi connectivity index (χ3n) is 3.72. The number of carbonyl (C=O) groups is 2. The molecule has 1 fully saturated rings. The van der Waals surface area contributed by atoms with Crippen molar-refractivity contribution in [3.63, 3.8) is 0 Å². The summed E-state index contributed by atoms with van der Waals surface area (Å²) in [5.74, 6) is -0.642. The van der Waals surface area contributed by atoms with Crippen LogP contribution >= 0.6 is 0 Å². The van der Waals surface area contributed by atoms with E-state index in [0.29, 0.717) is 24.3 Å². The molecule has 0 radical (unpaired) electrons. The van der Waals surface area contributed by atoms with Crippen LogP contribution in [0.5, 0.6) is 0 Å². The number of piperidine rings is 1. The minimum atomic E-state index is -0.332. The fourth-order valence-corrected chi connectivity index (χ4v) is 2.45. The summed E-state index contributed by atoms with van der Waals surface area (Å²) in [4.78, 5) is 25.4. The molecule has 1 saturated heterocycles. The third-order valence-corrected chi connectivity index (χ3v) is 3.72. The zero-order valence-corrected chi connectivity index (χ0v) is 11.1. The maximum atomic E-state index is 12.5. The highest BCUT2D eigenvalue weighted by atomic mass is 16.2. The molecule has 2 rings (SSSR count). The van der Waals surface area contributed by atoms with E-state index in [-0.39, 0.29) is 17.7 Å². The van der Waals surface area contributed by atoms with E-state index in [0.717, 1.165) is 18.4 Å². The Hall–Kier alpha value is -2.04. The van der Waals surface area contributed by atoms with E-state index in [4.69, 9.17) is 11.5 Å². The average molecular weight is 261 g/mol. The largest absolute Gasteiger partial charge is 0.398 e. The van der Waals surface area contributed by atoms with Crippen LogP contribution in [0.25, 0.3) is 0 Å². The lowest BCUT2D eigenvalue weighted by atomic mass is 9.96. The molecule has 4 N–H and O–H groups in total. The van der Waals surface area contributed by atoms with Crippen molar-refractivity contribution in [2.75, 3.05) is 18.8 Å². The van der Waals surface area contributed by atoms with Gasteiger partial charge in [-0.25, -0.2) is 0 Å². The number of anilines is 1. The first-order valence-corrected chi connectivity index (χ1v) is 6.44. The van der Waals surface area contributed by atoms with Crippen molar-refractivity contribution in [1.82, 2.24) is 4.90 Å². The summed E-state index contributed by atoms with van der Waals surface area (Å²) < 4.78 is 0. The van der Waals surface area contributed by atoms with Crippen LogP contribution in [0.3, 0.4) is 0 Å². The number of hydrogen-bond acceptors (Lipinski definition) is 3. The Bertz CT molecular complexity index is 513. The van der Waals surface area contributed by atoms with Gasteiger partial charge in [-0.1, -0.05) is 6.07 Å². The topological polar surface area (TPSA) is 89.4 Å².